The van der Waals surface area contributed by atoms with Crippen LogP contribution in [-0.4, -0.2) is 40.9 Å². The lowest BCUT2D eigenvalue weighted by molar-refractivity contribution is -0.138. The SMILES string of the molecule is C=CC(=O)N1CCCC1(C)C(=O)Nc1cnc(OC)c(C)c1. The van der Waals surface area contributed by atoms with Crippen molar-refractivity contribution in [1.29, 1.82) is 0 Å². The van der Waals surface area contributed by atoms with Crippen molar-refractivity contribution >= 4 is 17.5 Å². The third kappa shape index (κ3) is 2.81. The lowest BCUT2D eigenvalue weighted by Gasteiger charge is -2.33. The second kappa shape index (κ2) is 6.17. The molecule has 1 saturated heterocycles. The first-order valence-corrected chi connectivity index (χ1v) is 7.18. The molecule has 0 bridgehead atoms. The first-order chi connectivity index (χ1) is 10.4. The maximum atomic E-state index is 12.6. The molecule has 0 radical (unpaired) electrons. The number of carbonyl (C=O) groups excluding carboxylic acids is 2. The van der Waals surface area contributed by atoms with Crippen LogP contribution in [-0.2, 0) is 9.59 Å². The molecular formula is C16H21N3O3. The van der Waals surface area contributed by atoms with Crippen LogP contribution in [0.25, 0.3) is 0 Å². The summed E-state index contributed by atoms with van der Waals surface area (Å²) in [4.78, 5) is 30.3. The molecule has 1 atom stereocenters. The number of carbonyl (C=O) groups is 2. The number of rotatable bonds is 4. The molecule has 1 unspecified atom stereocenters. The Hall–Kier alpha value is -2.37. The Labute approximate surface area is 130 Å². The van der Waals surface area contributed by atoms with Crippen LogP contribution in [0.1, 0.15) is 25.3 Å². The number of ether oxygens (including phenoxy) is 1. The zero-order chi connectivity index (χ0) is 16.3. The van der Waals surface area contributed by atoms with E-state index in [4.69, 9.17) is 4.74 Å². The van der Waals surface area contributed by atoms with Crippen LogP contribution in [0, 0.1) is 6.92 Å². The summed E-state index contributed by atoms with van der Waals surface area (Å²) in [6.45, 7) is 7.69. The van der Waals surface area contributed by atoms with Crippen molar-refractivity contribution in [2.45, 2.75) is 32.2 Å². The molecule has 1 N–H and O–H groups in total. The maximum Gasteiger partial charge on any atom is 0.250 e. The van der Waals surface area contributed by atoms with Crippen molar-refractivity contribution in [3.63, 3.8) is 0 Å². The molecule has 1 aromatic rings. The van der Waals surface area contributed by atoms with Gasteiger partial charge in [-0.2, -0.15) is 0 Å². The minimum Gasteiger partial charge on any atom is -0.481 e. The molecule has 118 valence electrons. The van der Waals surface area contributed by atoms with Crippen LogP contribution in [0.15, 0.2) is 24.9 Å². The number of pyridine rings is 1. The number of hydrogen-bond acceptors (Lipinski definition) is 4. The van der Waals surface area contributed by atoms with Crippen LogP contribution >= 0.6 is 0 Å². The largest absolute Gasteiger partial charge is 0.481 e. The Morgan fingerprint density at radius 2 is 2.27 bits per heavy atom. The summed E-state index contributed by atoms with van der Waals surface area (Å²) < 4.78 is 5.10. The summed E-state index contributed by atoms with van der Waals surface area (Å²) in [7, 11) is 1.55. The quantitative estimate of drug-likeness (QED) is 0.862. The highest BCUT2D eigenvalue weighted by Crippen LogP contribution is 2.31. The van der Waals surface area contributed by atoms with Crippen molar-refractivity contribution in [2.75, 3.05) is 19.0 Å². The van der Waals surface area contributed by atoms with Gasteiger partial charge in [-0.25, -0.2) is 4.98 Å². The fraction of sp³-hybridized carbons (Fsp3) is 0.438. The van der Waals surface area contributed by atoms with Gasteiger partial charge < -0.3 is 15.0 Å². The van der Waals surface area contributed by atoms with Gasteiger partial charge in [-0.1, -0.05) is 6.58 Å². The van der Waals surface area contributed by atoms with E-state index in [-0.39, 0.29) is 11.8 Å². The van der Waals surface area contributed by atoms with Crippen molar-refractivity contribution in [2.24, 2.45) is 0 Å². The van der Waals surface area contributed by atoms with E-state index >= 15 is 0 Å². The van der Waals surface area contributed by atoms with E-state index in [1.165, 1.54) is 6.08 Å². The normalized spacial score (nSPS) is 20.6. The summed E-state index contributed by atoms with van der Waals surface area (Å²) in [5, 5.41) is 2.84. The van der Waals surface area contributed by atoms with Crippen molar-refractivity contribution in [1.82, 2.24) is 9.88 Å². The van der Waals surface area contributed by atoms with Crippen LogP contribution in [0.2, 0.25) is 0 Å². The van der Waals surface area contributed by atoms with Gasteiger partial charge in [0.2, 0.25) is 17.7 Å². The second-order valence-electron chi connectivity index (χ2n) is 5.58. The monoisotopic (exact) mass is 303 g/mol. The zero-order valence-electron chi connectivity index (χ0n) is 13.2. The number of methoxy groups -OCH3 is 1. The van der Waals surface area contributed by atoms with Crippen LogP contribution in [0.4, 0.5) is 5.69 Å². The van der Waals surface area contributed by atoms with E-state index < -0.39 is 5.54 Å². The Kier molecular flexibility index (Phi) is 4.49. The van der Waals surface area contributed by atoms with E-state index in [1.54, 1.807) is 31.2 Å². The average Bonchev–Trinajstić information content (AvgIpc) is 2.90. The minimum atomic E-state index is -0.862. The molecule has 1 aliphatic rings. The molecule has 0 spiro atoms. The van der Waals surface area contributed by atoms with E-state index in [2.05, 4.69) is 16.9 Å². The Balaban J connectivity index is 2.19. The highest BCUT2D eigenvalue weighted by molar-refractivity contribution is 6.02. The number of amides is 2. The Bertz CT molecular complexity index is 615. The smallest absolute Gasteiger partial charge is 0.250 e. The molecule has 2 amide bonds. The molecule has 1 fully saturated rings. The molecular weight excluding hydrogens is 282 g/mol. The van der Waals surface area contributed by atoms with Crippen LogP contribution < -0.4 is 10.1 Å². The van der Waals surface area contributed by atoms with Gasteiger partial charge in [0.1, 0.15) is 5.54 Å². The number of anilines is 1. The molecule has 6 nitrogen and oxygen atoms in total. The molecule has 2 heterocycles. The second-order valence-corrected chi connectivity index (χ2v) is 5.58. The molecule has 0 aliphatic carbocycles. The van der Waals surface area contributed by atoms with Gasteiger partial charge in [0.05, 0.1) is 19.0 Å². The predicted molar refractivity (Wildman–Crippen MR) is 83.7 cm³/mol. The number of likely N-dealkylation sites (tertiary alicyclic amines) is 1. The molecule has 1 aliphatic heterocycles. The first kappa shape index (κ1) is 16.0. The predicted octanol–water partition coefficient (Wildman–Crippen LogP) is 1.90. The van der Waals surface area contributed by atoms with Gasteiger partial charge in [-0.05, 0) is 38.8 Å². The van der Waals surface area contributed by atoms with Gasteiger partial charge in [-0.15, -0.1) is 0 Å². The summed E-state index contributed by atoms with van der Waals surface area (Å²) in [5.41, 5.74) is 0.553. The minimum absolute atomic E-state index is 0.216. The van der Waals surface area contributed by atoms with E-state index in [1.807, 2.05) is 6.92 Å². The van der Waals surface area contributed by atoms with Gasteiger partial charge in [0.25, 0.3) is 0 Å². The topological polar surface area (TPSA) is 71.5 Å². The Morgan fingerprint density at radius 1 is 1.55 bits per heavy atom. The van der Waals surface area contributed by atoms with E-state index in [0.717, 1.165) is 12.0 Å². The Morgan fingerprint density at radius 3 is 2.86 bits per heavy atom. The van der Waals surface area contributed by atoms with Crippen LogP contribution in [0.5, 0.6) is 5.88 Å². The van der Waals surface area contributed by atoms with Gasteiger partial charge >= 0.3 is 0 Å². The maximum absolute atomic E-state index is 12.6. The standard InChI is InChI=1S/C16H21N3O3/c1-5-13(20)19-8-6-7-16(19,3)15(21)18-12-9-11(2)14(22-4)17-10-12/h5,9-10H,1,6-8H2,2-4H3,(H,18,21). The third-order valence-corrected chi connectivity index (χ3v) is 4.05. The lowest BCUT2D eigenvalue weighted by atomic mass is 9.97. The van der Waals surface area contributed by atoms with Crippen molar-refractivity contribution < 1.29 is 14.3 Å². The summed E-state index contributed by atoms with van der Waals surface area (Å²) in [6.07, 6.45) is 4.21. The number of nitrogens with one attached hydrogen (secondary N) is 1. The number of aromatic nitrogens is 1. The third-order valence-electron chi connectivity index (χ3n) is 4.05. The van der Waals surface area contributed by atoms with E-state index in [9.17, 15) is 9.59 Å². The average molecular weight is 303 g/mol. The molecule has 2 rings (SSSR count). The van der Waals surface area contributed by atoms with Gasteiger partial charge in [0, 0.05) is 12.1 Å². The number of hydrogen-bond donors (Lipinski definition) is 1. The van der Waals surface area contributed by atoms with E-state index in [0.29, 0.717) is 24.5 Å². The zero-order valence-corrected chi connectivity index (χ0v) is 13.2. The molecule has 0 aromatic carbocycles. The molecule has 6 heteroatoms. The number of nitrogens with zero attached hydrogens (tertiary/aromatic N) is 2. The molecule has 0 saturated carbocycles. The van der Waals surface area contributed by atoms with Gasteiger partial charge in [0.15, 0.2) is 0 Å². The highest BCUT2D eigenvalue weighted by atomic mass is 16.5. The van der Waals surface area contributed by atoms with Gasteiger partial charge in [-0.3, -0.25) is 9.59 Å². The number of aryl methyl sites for hydroxylation is 1. The van der Waals surface area contributed by atoms with Crippen molar-refractivity contribution in [3.8, 4) is 5.88 Å². The summed E-state index contributed by atoms with van der Waals surface area (Å²) in [6, 6.07) is 1.79. The fourth-order valence-electron chi connectivity index (χ4n) is 2.77. The highest BCUT2D eigenvalue weighted by Gasteiger charge is 2.45. The fourth-order valence-corrected chi connectivity index (χ4v) is 2.77. The molecule has 22 heavy (non-hydrogen) atoms. The lowest BCUT2D eigenvalue weighted by Crippen LogP contribution is -2.52. The summed E-state index contributed by atoms with van der Waals surface area (Å²) in [5.74, 6) is 0.0827. The summed E-state index contributed by atoms with van der Waals surface area (Å²) >= 11 is 0. The molecule has 1 aromatic heterocycles. The first-order valence-electron chi connectivity index (χ1n) is 7.18. The van der Waals surface area contributed by atoms with Crippen molar-refractivity contribution in [3.05, 3.63) is 30.5 Å². The van der Waals surface area contributed by atoms with Crippen LogP contribution in [0.3, 0.4) is 0 Å².